The minimum atomic E-state index is -0.882. The minimum Gasteiger partial charge on any atom is -0.497 e. The van der Waals surface area contributed by atoms with Crippen molar-refractivity contribution in [2.75, 3.05) is 32.0 Å². The third-order valence-electron chi connectivity index (χ3n) is 5.21. The highest BCUT2D eigenvalue weighted by Gasteiger charge is 2.30. The van der Waals surface area contributed by atoms with Gasteiger partial charge in [-0.1, -0.05) is 36.4 Å². The van der Waals surface area contributed by atoms with Crippen LogP contribution in [0, 0.1) is 0 Å². The highest BCUT2D eigenvalue weighted by Crippen LogP contribution is 2.27. The number of ether oxygens (including phenoxy) is 1. The molecule has 30 heavy (non-hydrogen) atoms. The maximum Gasteiger partial charge on any atom is 0.320 e. The molecular weight excluding hydrogens is 404 g/mol. The zero-order chi connectivity index (χ0) is 21.3. The molecule has 1 fully saturated rings. The molecule has 1 saturated heterocycles. The number of nitrogens with zero attached hydrogens (tertiary/aromatic N) is 1. The van der Waals surface area contributed by atoms with Crippen molar-refractivity contribution in [2.45, 2.75) is 30.2 Å². The van der Waals surface area contributed by atoms with Crippen LogP contribution in [0.15, 0.2) is 54.3 Å². The van der Waals surface area contributed by atoms with E-state index in [-0.39, 0.29) is 17.8 Å². The largest absolute Gasteiger partial charge is 0.497 e. The van der Waals surface area contributed by atoms with Crippen molar-refractivity contribution in [3.63, 3.8) is 0 Å². The fourth-order valence-corrected chi connectivity index (χ4v) is 5.08. The van der Waals surface area contributed by atoms with E-state index >= 15 is 0 Å². The molecule has 8 heteroatoms. The molecule has 0 aromatic heterocycles. The van der Waals surface area contributed by atoms with Crippen LogP contribution >= 0.6 is 11.8 Å². The molecule has 162 valence electrons. The molecule has 3 rings (SSSR count). The summed E-state index contributed by atoms with van der Waals surface area (Å²) in [7, 11) is 0. The number of nitrogens with one attached hydrogen (secondary N) is 1. The first-order valence-corrected chi connectivity index (χ1v) is 11.1. The van der Waals surface area contributed by atoms with Gasteiger partial charge < -0.3 is 14.9 Å². The first kappa shape index (κ1) is 22.4. The molecule has 0 spiro atoms. The van der Waals surface area contributed by atoms with E-state index in [9.17, 15) is 19.8 Å². The molecule has 0 bridgehead atoms. The van der Waals surface area contributed by atoms with Crippen LogP contribution in [0.4, 0.5) is 0 Å². The van der Waals surface area contributed by atoms with Crippen molar-refractivity contribution in [3.05, 3.63) is 59.9 Å². The number of rotatable bonds is 9. The van der Waals surface area contributed by atoms with E-state index in [1.54, 1.807) is 18.0 Å². The van der Waals surface area contributed by atoms with Gasteiger partial charge in [0.2, 0.25) is 0 Å². The number of aliphatic carboxylic acids is 2. The summed E-state index contributed by atoms with van der Waals surface area (Å²) >= 11 is 1.73. The lowest BCUT2D eigenvalue weighted by atomic mass is 10.0. The number of thioether (sulfide) groups is 1. The van der Waals surface area contributed by atoms with Crippen LogP contribution in [-0.4, -0.2) is 76.4 Å². The molecule has 2 heterocycles. The molecule has 1 aromatic carbocycles. The second-order valence-electron chi connectivity index (χ2n) is 7.57. The summed E-state index contributed by atoms with van der Waals surface area (Å²) in [6.45, 7) is 1.53. The van der Waals surface area contributed by atoms with Gasteiger partial charge in [-0.2, -0.15) is 11.8 Å². The number of aryl methyl sites for hydroxylation is 1. The Kier molecular flexibility index (Phi) is 8.36. The lowest BCUT2D eigenvalue weighted by Crippen LogP contribution is -2.50. The second-order valence-corrected chi connectivity index (χ2v) is 8.81. The van der Waals surface area contributed by atoms with Gasteiger partial charge in [0.05, 0.1) is 12.8 Å². The summed E-state index contributed by atoms with van der Waals surface area (Å²) in [5.74, 6) is -1.06. The molecule has 7 nitrogen and oxygen atoms in total. The number of carboxylic acids is 2. The Balaban J connectivity index is 1.64. The molecule has 3 atom stereocenters. The van der Waals surface area contributed by atoms with E-state index in [1.807, 2.05) is 47.4 Å². The van der Waals surface area contributed by atoms with Gasteiger partial charge >= 0.3 is 11.9 Å². The van der Waals surface area contributed by atoms with E-state index in [4.69, 9.17) is 4.74 Å². The van der Waals surface area contributed by atoms with Crippen molar-refractivity contribution in [1.29, 1.82) is 0 Å². The van der Waals surface area contributed by atoms with E-state index in [2.05, 4.69) is 5.32 Å². The van der Waals surface area contributed by atoms with Crippen molar-refractivity contribution in [1.82, 2.24) is 10.2 Å². The summed E-state index contributed by atoms with van der Waals surface area (Å²) < 4.78 is 5.40. The van der Waals surface area contributed by atoms with Gasteiger partial charge in [-0.3, -0.25) is 19.8 Å². The number of carboxylic acid groups (broad SMARTS) is 2. The van der Waals surface area contributed by atoms with Gasteiger partial charge in [-0.05, 0) is 30.1 Å². The molecule has 0 aliphatic carbocycles. The fraction of sp³-hybridized carbons (Fsp3) is 0.455. The monoisotopic (exact) mass is 432 g/mol. The summed E-state index contributed by atoms with van der Waals surface area (Å²) in [5, 5.41) is 22.4. The Morgan fingerprint density at radius 1 is 1.23 bits per heavy atom. The van der Waals surface area contributed by atoms with E-state index in [0.717, 1.165) is 11.1 Å². The molecule has 3 unspecified atom stereocenters. The Bertz CT molecular complexity index is 783. The van der Waals surface area contributed by atoms with E-state index in [0.29, 0.717) is 38.3 Å². The Hall–Kier alpha value is -2.29. The maximum absolute atomic E-state index is 11.8. The van der Waals surface area contributed by atoms with E-state index in [1.165, 1.54) is 0 Å². The summed E-state index contributed by atoms with van der Waals surface area (Å²) in [6.07, 6.45) is 6.67. The van der Waals surface area contributed by atoms with Crippen LogP contribution in [-0.2, 0) is 20.7 Å². The predicted octanol–water partition coefficient (Wildman–Crippen LogP) is 2.00. The first-order valence-electron chi connectivity index (χ1n) is 10.1. The van der Waals surface area contributed by atoms with Crippen LogP contribution < -0.4 is 5.32 Å². The zero-order valence-electron chi connectivity index (χ0n) is 16.8. The van der Waals surface area contributed by atoms with Gasteiger partial charge in [0.15, 0.2) is 0 Å². The Labute approximate surface area is 180 Å². The summed E-state index contributed by atoms with van der Waals surface area (Å²) in [4.78, 5) is 25.1. The number of allylic oxidation sites excluding steroid dienone is 2. The fourth-order valence-electron chi connectivity index (χ4n) is 3.73. The highest BCUT2D eigenvalue weighted by molar-refractivity contribution is 8.00. The molecule has 2 aliphatic heterocycles. The number of hydrogen-bond acceptors (Lipinski definition) is 6. The number of benzene rings is 1. The van der Waals surface area contributed by atoms with Gasteiger partial charge in [0, 0.05) is 30.1 Å². The second kappa shape index (κ2) is 11.2. The quantitative estimate of drug-likeness (QED) is 0.545. The van der Waals surface area contributed by atoms with E-state index < -0.39 is 18.0 Å². The molecular formula is C22H28N2O5S. The Morgan fingerprint density at radius 3 is 2.70 bits per heavy atom. The minimum absolute atomic E-state index is 0.0685. The average molecular weight is 433 g/mol. The first-order chi connectivity index (χ1) is 14.5. The molecule has 2 aliphatic rings. The van der Waals surface area contributed by atoms with Crippen LogP contribution in [0.2, 0.25) is 0 Å². The average Bonchev–Trinajstić information content (AvgIpc) is 2.94. The molecule has 0 radical (unpaired) electrons. The number of carbonyl (C=O) groups is 2. The van der Waals surface area contributed by atoms with Crippen molar-refractivity contribution >= 4 is 23.7 Å². The summed E-state index contributed by atoms with van der Waals surface area (Å²) in [5.41, 5.74) is 2.23. The lowest BCUT2D eigenvalue weighted by molar-refractivity contribution is -0.140. The van der Waals surface area contributed by atoms with Crippen molar-refractivity contribution in [3.8, 4) is 0 Å². The standard InChI is InChI=1S/C22H28N2O5S/c25-21(26)13-24-11-18(15-30-20(12-24)17-7-4-10-29-14-17)23-19(22(27)28)9-8-16-5-2-1-3-6-16/h1-7,10,18-20,23H,8-9,11-15H2,(H,25,26)(H,27,28). The van der Waals surface area contributed by atoms with Gasteiger partial charge in [-0.15, -0.1) is 0 Å². The molecule has 1 aromatic rings. The highest BCUT2D eigenvalue weighted by atomic mass is 32.2. The Morgan fingerprint density at radius 2 is 2.03 bits per heavy atom. The number of hydrogen-bond donors (Lipinski definition) is 3. The smallest absolute Gasteiger partial charge is 0.320 e. The molecule has 0 saturated carbocycles. The maximum atomic E-state index is 11.8. The molecule has 3 N–H and O–H groups in total. The zero-order valence-corrected chi connectivity index (χ0v) is 17.6. The van der Waals surface area contributed by atoms with Crippen LogP contribution in [0.3, 0.4) is 0 Å². The predicted molar refractivity (Wildman–Crippen MR) is 117 cm³/mol. The molecule has 0 amide bonds. The third kappa shape index (κ3) is 6.90. The van der Waals surface area contributed by atoms with Crippen LogP contribution in [0.25, 0.3) is 0 Å². The summed E-state index contributed by atoms with van der Waals surface area (Å²) in [6, 6.07) is 9.03. The van der Waals surface area contributed by atoms with Crippen LogP contribution in [0.1, 0.15) is 12.0 Å². The van der Waals surface area contributed by atoms with Gasteiger partial charge in [0.1, 0.15) is 12.6 Å². The normalized spacial score (nSPS) is 23.1. The van der Waals surface area contributed by atoms with Crippen molar-refractivity contribution < 1.29 is 24.5 Å². The third-order valence-corrected chi connectivity index (χ3v) is 6.66. The topological polar surface area (TPSA) is 99.1 Å². The SMILES string of the molecule is O=C(O)CN1CC(NC(CCc2ccccc2)C(=O)O)CSC(C2=CC=COC2)C1. The lowest BCUT2D eigenvalue weighted by Gasteiger charge is -2.27. The van der Waals surface area contributed by atoms with Crippen molar-refractivity contribution in [2.24, 2.45) is 0 Å². The van der Waals surface area contributed by atoms with Gasteiger partial charge in [0.25, 0.3) is 0 Å². The van der Waals surface area contributed by atoms with Gasteiger partial charge in [-0.25, -0.2) is 0 Å². The van der Waals surface area contributed by atoms with Crippen LogP contribution in [0.5, 0.6) is 0 Å².